The summed E-state index contributed by atoms with van der Waals surface area (Å²) in [6.45, 7) is 6.97. The molecule has 0 amide bonds. The molecule has 4 aliphatic rings. The first-order chi connectivity index (χ1) is 10.8. The minimum atomic E-state index is -1.54. The van der Waals surface area contributed by atoms with Crippen molar-refractivity contribution in [1.82, 2.24) is 0 Å². The van der Waals surface area contributed by atoms with Gasteiger partial charge >= 0.3 is 0 Å². The van der Waals surface area contributed by atoms with Crippen LogP contribution in [0.2, 0.25) is 0 Å². The van der Waals surface area contributed by atoms with Crippen LogP contribution in [-0.2, 0) is 0 Å². The van der Waals surface area contributed by atoms with Gasteiger partial charge in [0.1, 0.15) is 0 Å². The fourth-order valence-electron chi connectivity index (χ4n) is 6.89. The van der Waals surface area contributed by atoms with Gasteiger partial charge in [0.25, 0.3) is 0 Å². The van der Waals surface area contributed by atoms with Crippen molar-refractivity contribution in [3.8, 4) is 0 Å². The molecule has 0 bridgehead atoms. The molecule has 3 saturated carbocycles. The predicted molar refractivity (Wildman–Crippen MR) is 92.6 cm³/mol. The van der Waals surface area contributed by atoms with Crippen molar-refractivity contribution in [1.29, 1.82) is 0 Å². The summed E-state index contributed by atoms with van der Waals surface area (Å²) < 4.78 is 0. The molecular weight excluding hydrogens is 284 g/mol. The average Bonchev–Trinajstić information content (AvgIpc) is 2.85. The maximum Gasteiger partial charge on any atom is 0.172 e. The van der Waals surface area contributed by atoms with Crippen molar-refractivity contribution < 1.29 is 10.2 Å². The van der Waals surface area contributed by atoms with Gasteiger partial charge in [-0.15, -0.1) is 0 Å². The second-order valence-corrected chi connectivity index (χ2v) is 9.06. The van der Waals surface area contributed by atoms with E-state index in [0.717, 1.165) is 25.2 Å². The zero-order valence-corrected chi connectivity index (χ0v) is 14.9. The largest absolute Gasteiger partial charge is 0.365 e. The molecule has 0 heterocycles. The number of allylic oxidation sites excluding steroid dienone is 3. The van der Waals surface area contributed by atoms with Crippen molar-refractivity contribution in [2.45, 2.75) is 77.9 Å². The van der Waals surface area contributed by atoms with Gasteiger partial charge in [0.15, 0.2) is 5.79 Å². The molecule has 23 heavy (non-hydrogen) atoms. The summed E-state index contributed by atoms with van der Waals surface area (Å²) in [5.41, 5.74) is 2.77. The fraction of sp³-hybridized carbons (Fsp3) is 0.810. The van der Waals surface area contributed by atoms with Crippen LogP contribution in [0.15, 0.2) is 23.3 Å². The SMILES string of the molecule is CC[C@H]1CC[C@H]2C3=CC=C4CCCC(O)(O)[C@]4(C)[C@H]3CC[C@]12C. The average molecular weight is 316 g/mol. The minimum absolute atomic E-state index is 0.325. The molecule has 0 aromatic carbocycles. The molecule has 3 fully saturated rings. The Kier molecular flexibility index (Phi) is 3.42. The normalized spacial score (nSPS) is 48.0. The molecule has 0 aromatic rings. The molecule has 0 spiro atoms. The maximum absolute atomic E-state index is 10.9. The first kappa shape index (κ1) is 15.9. The Morgan fingerprint density at radius 2 is 1.83 bits per heavy atom. The summed E-state index contributed by atoms with van der Waals surface area (Å²) in [4.78, 5) is 0. The Bertz CT molecular complexity index is 572. The molecule has 2 nitrogen and oxygen atoms in total. The lowest BCUT2D eigenvalue weighted by Gasteiger charge is -2.58. The summed E-state index contributed by atoms with van der Waals surface area (Å²) in [6.07, 6.45) is 13.3. The summed E-state index contributed by atoms with van der Waals surface area (Å²) in [6, 6.07) is 0. The van der Waals surface area contributed by atoms with Crippen molar-refractivity contribution in [2.75, 3.05) is 0 Å². The molecule has 2 N–H and O–H groups in total. The number of hydrogen-bond donors (Lipinski definition) is 2. The lowest BCUT2D eigenvalue weighted by Crippen LogP contribution is -2.57. The van der Waals surface area contributed by atoms with E-state index in [0.29, 0.717) is 23.7 Å². The van der Waals surface area contributed by atoms with Gasteiger partial charge in [-0.1, -0.05) is 50.5 Å². The number of hydrogen-bond acceptors (Lipinski definition) is 2. The van der Waals surface area contributed by atoms with E-state index < -0.39 is 11.2 Å². The molecule has 128 valence electrons. The number of fused-ring (bicyclic) bond motifs is 5. The van der Waals surface area contributed by atoms with Crippen molar-refractivity contribution >= 4 is 0 Å². The third-order valence-electron chi connectivity index (χ3n) is 8.45. The Labute approximate surface area is 140 Å². The van der Waals surface area contributed by atoms with Crippen LogP contribution < -0.4 is 0 Å². The van der Waals surface area contributed by atoms with Crippen LogP contribution in [0.4, 0.5) is 0 Å². The molecule has 4 aliphatic carbocycles. The molecule has 2 heteroatoms. The Balaban J connectivity index is 1.77. The van der Waals surface area contributed by atoms with Crippen LogP contribution in [0.1, 0.15) is 72.1 Å². The van der Waals surface area contributed by atoms with Crippen LogP contribution in [0.25, 0.3) is 0 Å². The van der Waals surface area contributed by atoms with Crippen LogP contribution in [0, 0.1) is 28.6 Å². The van der Waals surface area contributed by atoms with Crippen molar-refractivity contribution in [2.24, 2.45) is 28.6 Å². The van der Waals surface area contributed by atoms with E-state index in [1.165, 1.54) is 36.8 Å². The highest BCUT2D eigenvalue weighted by molar-refractivity contribution is 5.40. The lowest BCUT2D eigenvalue weighted by molar-refractivity contribution is -0.254. The van der Waals surface area contributed by atoms with Gasteiger partial charge in [-0.05, 0) is 61.7 Å². The van der Waals surface area contributed by atoms with E-state index in [1.54, 1.807) is 0 Å². The Morgan fingerprint density at radius 3 is 2.57 bits per heavy atom. The standard InChI is InChI=1S/C21H32O2/c1-4-14-8-10-17-16-9-7-15-6-5-12-21(22,23)20(15,3)18(16)11-13-19(14,17)2/h7,9,14,17-18,22-23H,4-6,8,10-13H2,1-3H3/t14-,17-,18-,19+,20-/m0/s1. The first-order valence-corrected chi connectivity index (χ1v) is 9.70. The molecule has 0 unspecified atom stereocenters. The maximum atomic E-state index is 10.9. The Morgan fingerprint density at radius 1 is 1.04 bits per heavy atom. The molecule has 0 aromatic heterocycles. The molecular formula is C21H32O2. The van der Waals surface area contributed by atoms with Gasteiger partial charge < -0.3 is 10.2 Å². The molecule has 5 atom stereocenters. The van der Waals surface area contributed by atoms with Crippen LogP contribution >= 0.6 is 0 Å². The quantitative estimate of drug-likeness (QED) is 0.695. The van der Waals surface area contributed by atoms with Crippen molar-refractivity contribution in [3.05, 3.63) is 23.3 Å². The van der Waals surface area contributed by atoms with E-state index in [-0.39, 0.29) is 0 Å². The van der Waals surface area contributed by atoms with Gasteiger partial charge in [-0.3, -0.25) is 0 Å². The summed E-state index contributed by atoms with van der Waals surface area (Å²) in [5.74, 6) is 0.273. The van der Waals surface area contributed by atoms with E-state index in [2.05, 4.69) is 32.9 Å². The highest BCUT2D eigenvalue weighted by atomic mass is 16.5. The fourth-order valence-corrected chi connectivity index (χ4v) is 6.89. The number of rotatable bonds is 1. The summed E-state index contributed by atoms with van der Waals surface area (Å²) in [7, 11) is 0. The van der Waals surface area contributed by atoms with E-state index in [1.807, 2.05) is 0 Å². The zero-order valence-electron chi connectivity index (χ0n) is 14.9. The second kappa shape index (κ2) is 4.95. The second-order valence-electron chi connectivity index (χ2n) is 9.06. The van der Waals surface area contributed by atoms with Crippen LogP contribution in [-0.4, -0.2) is 16.0 Å². The smallest absolute Gasteiger partial charge is 0.172 e. The van der Waals surface area contributed by atoms with Crippen molar-refractivity contribution in [3.63, 3.8) is 0 Å². The topological polar surface area (TPSA) is 40.5 Å². The Hall–Kier alpha value is -0.600. The lowest BCUT2D eigenvalue weighted by atomic mass is 9.49. The molecule has 0 saturated heterocycles. The third-order valence-corrected chi connectivity index (χ3v) is 8.45. The van der Waals surface area contributed by atoms with Crippen LogP contribution in [0.3, 0.4) is 0 Å². The molecule has 4 rings (SSSR count). The summed E-state index contributed by atoms with van der Waals surface area (Å²) in [5, 5.41) is 21.7. The first-order valence-electron chi connectivity index (χ1n) is 9.70. The molecule has 0 radical (unpaired) electrons. The summed E-state index contributed by atoms with van der Waals surface area (Å²) >= 11 is 0. The third kappa shape index (κ3) is 1.88. The minimum Gasteiger partial charge on any atom is -0.365 e. The van der Waals surface area contributed by atoms with E-state index >= 15 is 0 Å². The highest BCUT2D eigenvalue weighted by Crippen LogP contribution is 2.66. The van der Waals surface area contributed by atoms with Gasteiger partial charge in [0, 0.05) is 11.8 Å². The van der Waals surface area contributed by atoms with Gasteiger partial charge in [-0.25, -0.2) is 0 Å². The monoisotopic (exact) mass is 316 g/mol. The zero-order chi connectivity index (χ0) is 16.5. The van der Waals surface area contributed by atoms with E-state index in [4.69, 9.17) is 0 Å². The predicted octanol–water partition coefficient (Wildman–Crippen LogP) is 4.58. The molecule has 0 aliphatic heterocycles. The van der Waals surface area contributed by atoms with E-state index in [9.17, 15) is 10.2 Å². The van der Waals surface area contributed by atoms with Crippen LogP contribution in [0.5, 0.6) is 0 Å². The number of aliphatic hydroxyl groups is 2. The van der Waals surface area contributed by atoms with Gasteiger partial charge in [-0.2, -0.15) is 0 Å². The highest BCUT2D eigenvalue weighted by Gasteiger charge is 2.61. The van der Waals surface area contributed by atoms with Gasteiger partial charge in [0.2, 0.25) is 0 Å². The van der Waals surface area contributed by atoms with Gasteiger partial charge in [0.05, 0.1) is 0 Å².